The summed E-state index contributed by atoms with van der Waals surface area (Å²) in [5, 5.41) is 3.95. The predicted molar refractivity (Wildman–Crippen MR) is 129 cm³/mol. The molecule has 3 aromatic carbocycles. The van der Waals surface area contributed by atoms with Crippen LogP contribution >= 0.6 is 15.9 Å². The molecule has 0 fully saturated rings. The zero-order chi connectivity index (χ0) is 23.1. The second-order valence-corrected chi connectivity index (χ2v) is 9.62. The molecule has 0 saturated carbocycles. The Balaban J connectivity index is 1.85. The van der Waals surface area contributed by atoms with Gasteiger partial charge < -0.3 is 4.74 Å². The van der Waals surface area contributed by atoms with Gasteiger partial charge in [-0.25, -0.2) is 13.8 Å². The summed E-state index contributed by atoms with van der Waals surface area (Å²) in [5.74, 6) is 0.00928. The first-order valence-corrected chi connectivity index (χ1v) is 11.8. The molecule has 0 heterocycles. The van der Waals surface area contributed by atoms with Crippen molar-refractivity contribution in [3.8, 4) is 5.75 Å². The summed E-state index contributed by atoms with van der Waals surface area (Å²) >= 11 is 3.35. The Kier molecular flexibility index (Phi) is 7.66. The second kappa shape index (κ2) is 10.4. The molecule has 0 aliphatic heterocycles. The molecule has 1 amide bonds. The van der Waals surface area contributed by atoms with Crippen LogP contribution in [0.5, 0.6) is 5.75 Å². The van der Waals surface area contributed by atoms with E-state index in [9.17, 15) is 13.2 Å². The van der Waals surface area contributed by atoms with E-state index in [0.29, 0.717) is 21.5 Å². The van der Waals surface area contributed by atoms with Crippen LogP contribution in [0, 0.1) is 6.92 Å². The number of aryl methyl sites for hydroxylation is 1. The van der Waals surface area contributed by atoms with Crippen LogP contribution in [0.3, 0.4) is 0 Å². The Morgan fingerprint density at radius 1 is 1.09 bits per heavy atom. The molecule has 0 atom stereocenters. The van der Waals surface area contributed by atoms with Crippen molar-refractivity contribution in [1.82, 2.24) is 5.43 Å². The van der Waals surface area contributed by atoms with Gasteiger partial charge in [0.2, 0.25) is 0 Å². The minimum absolute atomic E-state index is 0.0911. The number of amides is 1. The third kappa shape index (κ3) is 5.74. The molecule has 0 aliphatic carbocycles. The summed E-state index contributed by atoms with van der Waals surface area (Å²) in [4.78, 5) is 12.7. The Morgan fingerprint density at radius 2 is 1.81 bits per heavy atom. The number of carbonyl (C=O) groups excluding carboxylic acids is 1. The van der Waals surface area contributed by atoms with Crippen molar-refractivity contribution < 1.29 is 17.9 Å². The summed E-state index contributed by atoms with van der Waals surface area (Å²) in [6.07, 6.45) is 1.44. The van der Waals surface area contributed by atoms with Gasteiger partial charge >= 0.3 is 0 Å². The third-order valence-electron chi connectivity index (χ3n) is 4.52. The quantitative estimate of drug-likeness (QED) is 0.361. The summed E-state index contributed by atoms with van der Waals surface area (Å²) in [7, 11) is -2.45. The lowest BCUT2D eigenvalue weighted by atomic mass is 10.2. The molecule has 0 saturated heterocycles. The van der Waals surface area contributed by atoms with Crippen molar-refractivity contribution >= 4 is 43.8 Å². The summed E-state index contributed by atoms with van der Waals surface area (Å²) in [6.45, 7) is 1.42. The number of methoxy groups -OCH3 is 1. The number of sulfonamides is 1. The van der Waals surface area contributed by atoms with E-state index in [0.717, 1.165) is 9.87 Å². The van der Waals surface area contributed by atoms with Crippen molar-refractivity contribution in [2.45, 2.75) is 11.8 Å². The van der Waals surface area contributed by atoms with Crippen molar-refractivity contribution in [3.05, 3.63) is 88.4 Å². The van der Waals surface area contributed by atoms with Crippen LogP contribution < -0.4 is 14.5 Å². The minimum atomic E-state index is -3.99. The van der Waals surface area contributed by atoms with Crippen LogP contribution in [-0.4, -0.2) is 34.2 Å². The van der Waals surface area contributed by atoms with Crippen molar-refractivity contribution in [3.63, 3.8) is 0 Å². The van der Waals surface area contributed by atoms with Crippen LogP contribution in [0.4, 0.5) is 5.69 Å². The van der Waals surface area contributed by atoms with Gasteiger partial charge in [0, 0.05) is 10.0 Å². The summed E-state index contributed by atoms with van der Waals surface area (Å²) in [5.41, 5.74) is 4.34. The average Bonchev–Trinajstić information content (AvgIpc) is 2.78. The number of anilines is 1. The maximum atomic E-state index is 13.3. The van der Waals surface area contributed by atoms with Crippen molar-refractivity contribution in [1.29, 1.82) is 0 Å². The van der Waals surface area contributed by atoms with Gasteiger partial charge in [0.1, 0.15) is 12.3 Å². The smallest absolute Gasteiger partial charge is 0.264 e. The number of hydrogen-bond acceptors (Lipinski definition) is 5. The molecule has 9 heteroatoms. The lowest BCUT2D eigenvalue weighted by Crippen LogP contribution is -2.39. The number of rotatable bonds is 8. The fraction of sp³-hybridized carbons (Fsp3) is 0.130. The monoisotopic (exact) mass is 515 g/mol. The van der Waals surface area contributed by atoms with E-state index in [4.69, 9.17) is 4.74 Å². The maximum absolute atomic E-state index is 13.3. The van der Waals surface area contributed by atoms with Crippen molar-refractivity contribution in [2.24, 2.45) is 5.10 Å². The molecule has 166 valence electrons. The average molecular weight is 516 g/mol. The SMILES string of the molecule is COc1ccccc1/C=N\NC(=O)CN(c1cccc(Br)c1)S(=O)(=O)c1ccc(C)cc1. The third-order valence-corrected chi connectivity index (χ3v) is 6.81. The van der Waals surface area contributed by atoms with E-state index < -0.39 is 22.5 Å². The molecule has 3 aromatic rings. The molecule has 0 bridgehead atoms. The number of benzene rings is 3. The lowest BCUT2D eigenvalue weighted by molar-refractivity contribution is -0.119. The number of carbonyl (C=O) groups is 1. The minimum Gasteiger partial charge on any atom is -0.496 e. The zero-order valence-corrected chi connectivity index (χ0v) is 19.9. The zero-order valence-electron chi connectivity index (χ0n) is 17.5. The number of hydrazone groups is 1. The van der Waals surface area contributed by atoms with Gasteiger partial charge in [0.05, 0.1) is 23.9 Å². The van der Waals surface area contributed by atoms with Crippen LogP contribution in [0.25, 0.3) is 0 Å². The molecule has 0 spiro atoms. The Morgan fingerprint density at radius 3 is 2.50 bits per heavy atom. The molecule has 1 N–H and O–H groups in total. The molecule has 7 nitrogen and oxygen atoms in total. The first-order valence-electron chi connectivity index (χ1n) is 9.61. The molecular weight excluding hydrogens is 494 g/mol. The highest BCUT2D eigenvalue weighted by Crippen LogP contribution is 2.26. The van der Waals surface area contributed by atoms with E-state index in [2.05, 4.69) is 26.5 Å². The first kappa shape index (κ1) is 23.5. The fourth-order valence-electron chi connectivity index (χ4n) is 2.90. The van der Waals surface area contributed by atoms with Gasteiger partial charge in [-0.05, 0) is 49.4 Å². The van der Waals surface area contributed by atoms with Gasteiger partial charge in [0.25, 0.3) is 15.9 Å². The van der Waals surface area contributed by atoms with E-state index >= 15 is 0 Å². The molecule has 32 heavy (non-hydrogen) atoms. The van der Waals surface area contributed by atoms with Crippen LogP contribution in [-0.2, 0) is 14.8 Å². The number of nitrogens with one attached hydrogen (secondary N) is 1. The normalized spacial score (nSPS) is 11.3. The number of hydrogen-bond donors (Lipinski definition) is 1. The molecule has 0 aliphatic rings. The molecule has 0 unspecified atom stereocenters. The van der Waals surface area contributed by atoms with Crippen molar-refractivity contribution in [2.75, 3.05) is 18.0 Å². The van der Waals surface area contributed by atoms with Crippen LogP contribution in [0.2, 0.25) is 0 Å². The first-order chi connectivity index (χ1) is 15.3. The maximum Gasteiger partial charge on any atom is 0.264 e. The number of para-hydroxylation sites is 1. The number of halogens is 1. The highest BCUT2D eigenvalue weighted by Gasteiger charge is 2.27. The molecule has 3 rings (SSSR count). The van der Waals surface area contributed by atoms with Crippen LogP contribution in [0.1, 0.15) is 11.1 Å². The standard InChI is InChI=1S/C23H22BrN3O4S/c1-17-10-12-21(13-11-17)32(29,30)27(20-8-5-7-19(24)14-20)16-23(28)26-25-15-18-6-3-4-9-22(18)31-2/h3-15H,16H2,1-2H3,(H,26,28)/b25-15-. The van der Waals surface area contributed by atoms with Gasteiger partial charge in [-0.2, -0.15) is 5.10 Å². The number of nitrogens with zero attached hydrogens (tertiary/aromatic N) is 2. The van der Waals surface area contributed by atoms with E-state index in [-0.39, 0.29) is 4.90 Å². The second-order valence-electron chi connectivity index (χ2n) is 6.84. The van der Waals surface area contributed by atoms with Crippen LogP contribution in [0.15, 0.2) is 87.3 Å². The molecular formula is C23H22BrN3O4S. The van der Waals surface area contributed by atoms with Gasteiger partial charge in [-0.3, -0.25) is 9.10 Å². The fourth-order valence-corrected chi connectivity index (χ4v) is 4.70. The Hall–Kier alpha value is -3.17. The number of ether oxygens (including phenoxy) is 1. The molecule has 0 aromatic heterocycles. The largest absolute Gasteiger partial charge is 0.496 e. The van der Waals surface area contributed by atoms with E-state index in [1.807, 2.05) is 19.1 Å². The Labute approximate surface area is 195 Å². The predicted octanol–water partition coefficient (Wildman–Crippen LogP) is 4.11. The van der Waals surface area contributed by atoms with E-state index in [1.165, 1.54) is 25.5 Å². The summed E-state index contributed by atoms with van der Waals surface area (Å²) in [6, 6.07) is 20.4. The van der Waals surface area contributed by atoms with Gasteiger partial charge in [-0.1, -0.05) is 51.8 Å². The van der Waals surface area contributed by atoms with E-state index in [1.54, 1.807) is 48.5 Å². The summed E-state index contributed by atoms with van der Waals surface area (Å²) < 4.78 is 33.7. The lowest BCUT2D eigenvalue weighted by Gasteiger charge is -2.24. The topological polar surface area (TPSA) is 88.1 Å². The van der Waals surface area contributed by atoms with Gasteiger partial charge in [-0.15, -0.1) is 0 Å². The molecule has 0 radical (unpaired) electrons. The highest BCUT2D eigenvalue weighted by molar-refractivity contribution is 9.10. The van der Waals surface area contributed by atoms with Gasteiger partial charge in [0.15, 0.2) is 0 Å². The highest BCUT2D eigenvalue weighted by atomic mass is 79.9. The Bertz CT molecular complexity index is 1230.